The summed E-state index contributed by atoms with van der Waals surface area (Å²) in [5.74, 6) is 2.23. The zero-order valence-corrected chi connectivity index (χ0v) is 18.8. The van der Waals surface area contributed by atoms with Gasteiger partial charge in [-0.05, 0) is 55.3 Å². The summed E-state index contributed by atoms with van der Waals surface area (Å²) in [7, 11) is 3.20. The Bertz CT molecular complexity index is 1110. The lowest BCUT2D eigenvalue weighted by molar-refractivity contribution is -0.125. The van der Waals surface area contributed by atoms with E-state index in [0.717, 1.165) is 36.3 Å². The van der Waals surface area contributed by atoms with Crippen molar-refractivity contribution in [1.82, 2.24) is 15.3 Å². The summed E-state index contributed by atoms with van der Waals surface area (Å²) in [5, 5.41) is 3.04. The molecule has 0 spiro atoms. The lowest BCUT2D eigenvalue weighted by atomic mass is 9.97. The van der Waals surface area contributed by atoms with Crippen molar-refractivity contribution in [2.75, 3.05) is 32.2 Å². The van der Waals surface area contributed by atoms with Gasteiger partial charge >= 0.3 is 0 Å². The van der Waals surface area contributed by atoms with Crippen molar-refractivity contribution < 1.29 is 18.7 Å². The third-order valence-corrected chi connectivity index (χ3v) is 5.81. The summed E-state index contributed by atoms with van der Waals surface area (Å²) in [6, 6.07) is 13.5. The van der Waals surface area contributed by atoms with E-state index in [1.165, 1.54) is 12.1 Å². The van der Waals surface area contributed by atoms with Gasteiger partial charge in [0, 0.05) is 43.0 Å². The van der Waals surface area contributed by atoms with Crippen molar-refractivity contribution in [3.63, 3.8) is 0 Å². The second-order valence-electron chi connectivity index (χ2n) is 7.93. The van der Waals surface area contributed by atoms with Crippen LogP contribution in [0.2, 0.25) is 0 Å². The highest BCUT2D eigenvalue weighted by atomic mass is 19.1. The summed E-state index contributed by atoms with van der Waals surface area (Å²) in [6.45, 7) is 1.77. The second kappa shape index (κ2) is 10.3. The quantitative estimate of drug-likeness (QED) is 0.590. The summed E-state index contributed by atoms with van der Waals surface area (Å²) in [5.41, 5.74) is 1.64. The topological polar surface area (TPSA) is 76.6 Å². The van der Waals surface area contributed by atoms with Crippen molar-refractivity contribution in [1.29, 1.82) is 0 Å². The van der Waals surface area contributed by atoms with Crippen LogP contribution in [0, 0.1) is 11.7 Å². The molecule has 1 aliphatic rings. The summed E-state index contributed by atoms with van der Waals surface area (Å²) in [6.07, 6.45) is 3.40. The van der Waals surface area contributed by atoms with Gasteiger partial charge in [0.15, 0.2) is 5.82 Å². The number of ether oxygens (including phenoxy) is 2. The van der Waals surface area contributed by atoms with E-state index >= 15 is 0 Å². The average Bonchev–Trinajstić information content (AvgIpc) is 2.87. The van der Waals surface area contributed by atoms with E-state index in [-0.39, 0.29) is 17.6 Å². The van der Waals surface area contributed by atoms with Crippen LogP contribution in [0.15, 0.2) is 54.7 Å². The van der Waals surface area contributed by atoms with Crippen LogP contribution in [-0.4, -0.2) is 43.2 Å². The maximum atomic E-state index is 13.2. The Morgan fingerprint density at radius 2 is 1.97 bits per heavy atom. The van der Waals surface area contributed by atoms with Gasteiger partial charge in [-0.3, -0.25) is 4.79 Å². The fraction of sp³-hybridized carbons (Fsp3) is 0.320. The van der Waals surface area contributed by atoms with Gasteiger partial charge in [0.2, 0.25) is 5.91 Å². The highest BCUT2D eigenvalue weighted by molar-refractivity contribution is 5.79. The lowest BCUT2D eigenvalue weighted by Crippen LogP contribution is -2.43. The van der Waals surface area contributed by atoms with E-state index < -0.39 is 0 Å². The van der Waals surface area contributed by atoms with Crippen molar-refractivity contribution in [2.45, 2.75) is 19.4 Å². The molecule has 172 valence electrons. The van der Waals surface area contributed by atoms with Crippen molar-refractivity contribution >= 4 is 11.7 Å². The molecule has 0 bridgehead atoms. The van der Waals surface area contributed by atoms with Gasteiger partial charge in [0.05, 0.1) is 20.1 Å². The Balaban J connectivity index is 1.41. The van der Waals surface area contributed by atoms with Crippen LogP contribution in [0.3, 0.4) is 0 Å². The molecule has 1 atom stereocenters. The third kappa shape index (κ3) is 5.39. The molecule has 7 nitrogen and oxygen atoms in total. The first-order valence-corrected chi connectivity index (χ1v) is 10.9. The van der Waals surface area contributed by atoms with E-state index in [4.69, 9.17) is 9.47 Å². The van der Waals surface area contributed by atoms with Gasteiger partial charge in [-0.2, -0.15) is 0 Å². The highest BCUT2D eigenvalue weighted by Crippen LogP contribution is 2.26. The Kier molecular flexibility index (Phi) is 7.02. The van der Waals surface area contributed by atoms with Crippen LogP contribution < -0.4 is 19.7 Å². The molecule has 1 N–H and O–H groups in total. The lowest BCUT2D eigenvalue weighted by Gasteiger charge is -2.33. The first-order chi connectivity index (χ1) is 16.1. The van der Waals surface area contributed by atoms with Crippen LogP contribution in [0.25, 0.3) is 11.4 Å². The van der Waals surface area contributed by atoms with Crippen molar-refractivity contribution in [3.8, 4) is 22.9 Å². The molecule has 8 heteroatoms. The Hall–Kier alpha value is -3.68. The van der Waals surface area contributed by atoms with Crippen LogP contribution in [0.4, 0.5) is 10.2 Å². The molecule has 1 aromatic heterocycles. The number of rotatable bonds is 7. The van der Waals surface area contributed by atoms with E-state index in [1.54, 1.807) is 38.6 Å². The number of hydrogen-bond donors (Lipinski definition) is 1. The number of benzene rings is 2. The molecular formula is C25H27FN4O3. The van der Waals surface area contributed by atoms with Gasteiger partial charge < -0.3 is 19.7 Å². The van der Waals surface area contributed by atoms with Gasteiger partial charge in [0.1, 0.15) is 23.1 Å². The van der Waals surface area contributed by atoms with Crippen molar-refractivity contribution in [2.24, 2.45) is 5.92 Å². The standard InChI is InChI=1S/C25H27FN4O3/c1-32-21-10-7-18(22(14-21)33-2)15-28-25(31)19-4-3-13-30(16-19)23-11-12-27-24(29-23)17-5-8-20(26)9-6-17/h5-12,14,19H,3-4,13,15-16H2,1-2H3,(H,28,31)/t19-/m0/s1. The van der Waals surface area contributed by atoms with E-state index in [9.17, 15) is 9.18 Å². The summed E-state index contributed by atoms with van der Waals surface area (Å²) >= 11 is 0. The van der Waals surface area contributed by atoms with Crippen LogP contribution in [0.5, 0.6) is 11.5 Å². The minimum atomic E-state index is -0.299. The van der Waals surface area contributed by atoms with Crippen LogP contribution >= 0.6 is 0 Å². The number of nitrogens with zero attached hydrogens (tertiary/aromatic N) is 3. The third-order valence-electron chi connectivity index (χ3n) is 5.81. The maximum absolute atomic E-state index is 13.2. The molecule has 2 aromatic carbocycles. The van der Waals surface area contributed by atoms with Crippen molar-refractivity contribution in [3.05, 3.63) is 66.1 Å². The largest absolute Gasteiger partial charge is 0.497 e. The minimum Gasteiger partial charge on any atom is -0.497 e. The molecule has 1 saturated heterocycles. The predicted molar refractivity (Wildman–Crippen MR) is 124 cm³/mol. The minimum absolute atomic E-state index is 0.00499. The van der Waals surface area contributed by atoms with E-state index in [0.29, 0.717) is 30.4 Å². The molecule has 1 amide bonds. The van der Waals surface area contributed by atoms with Crippen LogP contribution in [0.1, 0.15) is 18.4 Å². The number of carbonyl (C=O) groups is 1. The number of piperidine rings is 1. The fourth-order valence-electron chi connectivity index (χ4n) is 3.99. The molecular weight excluding hydrogens is 423 g/mol. The molecule has 0 radical (unpaired) electrons. The molecule has 0 unspecified atom stereocenters. The van der Waals surface area contributed by atoms with Gasteiger partial charge in [-0.1, -0.05) is 0 Å². The van der Waals surface area contributed by atoms with E-state index in [1.807, 2.05) is 18.2 Å². The van der Waals surface area contributed by atoms with Gasteiger partial charge in [-0.15, -0.1) is 0 Å². The predicted octanol–water partition coefficient (Wildman–Crippen LogP) is 3.83. The maximum Gasteiger partial charge on any atom is 0.225 e. The molecule has 1 fully saturated rings. The SMILES string of the molecule is COc1ccc(CNC(=O)[C@H]2CCCN(c3ccnc(-c4ccc(F)cc4)n3)C2)c(OC)c1. The second-order valence-corrected chi connectivity index (χ2v) is 7.93. The molecule has 33 heavy (non-hydrogen) atoms. The zero-order valence-electron chi connectivity index (χ0n) is 18.8. The number of carbonyl (C=O) groups excluding carboxylic acids is 1. The van der Waals surface area contributed by atoms with Gasteiger partial charge in [-0.25, -0.2) is 14.4 Å². The molecule has 0 aliphatic carbocycles. The number of aromatic nitrogens is 2. The van der Waals surface area contributed by atoms with Crippen LogP contribution in [-0.2, 0) is 11.3 Å². The highest BCUT2D eigenvalue weighted by Gasteiger charge is 2.27. The first-order valence-electron chi connectivity index (χ1n) is 10.9. The fourth-order valence-corrected chi connectivity index (χ4v) is 3.99. The Morgan fingerprint density at radius 1 is 1.15 bits per heavy atom. The smallest absolute Gasteiger partial charge is 0.225 e. The van der Waals surface area contributed by atoms with E-state index in [2.05, 4.69) is 20.2 Å². The summed E-state index contributed by atoms with van der Waals surface area (Å²) in [4.78, 5) is 24.0. The number of anilines is 1. The molecule has 1 aliphatic heterocycles. The molecule has 4 rings (SSSR count). The Labute approximate surface area is 192 Å². The number of hydrogen-bond acceptors (Lipinski definition) is 6. The molecule has 0 saturated carbocycles. The normalized spacial score (nSPS) is 15.7. The summed E-state index contributed by atoms with van der Waals surface area (Å²) < 4.78 is 23.9. The monoisotopic (exact) mass is 450 g/mol. The number of nitrogens with one attached hydrogen (secondary N) is 1. The zero-order chi connectivity index (χ0) is 23.2. The number of methoxy groups -OCH3 is 2. The first kappa shape index (κ1) is 22.5. The molecule has 2 heterocycles. The average molecular weight is 451 g/mol. The van der Waals surface area contributed by atoms with Gasteiger partial charge in [0.25, 0.3) is 0 Å². The molecule has 3 aromatic rings. The number of halogens is 1. The Morgan fingerprint density at radius 3 is 2.73 bits per heavy atom. The number of amides is 1.